The van der Waals surface area contributed by atoms with E-state index in [0.29, 0.717) is 0 Å². The van der Waals surface area contributed by atoms with Crippen LogP contribution in [0.25, 0.3) is 5.82 Å². The average Bonchev–Trinajstić information content (AvgIpc) is 2.55. The molecule has 1 radical (unpaired) electrons. The van der Waals surface area contributed by atoms with Crippen molar-refractivity contribution < 1.29 is 0 Å². The number of aryl methyl sites for hydroxylation is 1. The maximum Gasteiger partial charge on any atom is 0.142 e. The van der Waals surface area contributed by atoms with Gasteiger partial charge in [0.05, 0.1) is 12.3 Å². The number of nitrogens with zero attached hydrogens (tertiary/aromatic N) is 3. The molecule has 0 spiro atoms. The van der Waals surface area contributed by atoms with Crippen LogP contribution in [-0.2, 0) is 7.05 Å². The predicted octanol–water partition coefficient (Wildman–Crippen LogP) is 1.01. The van der Waals surface area contributed by atoms with Crippen LogP contribution in [0.3, 0.4) is 0 Å². The number of hydrogen-bond donors (Lipinski definition) is 0. The number of rotatable bonds is 1. The van der Waals surface area contributed by atoms with Crippen molar-refractivity contribution in [2.75, 3.05) is 0 Å². The fourth-order valence-electron chi connectivity index (χ4n) is 1.04. The SMILES string of the molecule is Cn1nc[c]c1-n1cccc1. The van der Waals surface area contributed by atoms with E-state index in [-0.39, 0.29) is 0 Å². The van der Waals surface area contributed by atoms with Crippen LogP contribution in [-0.4, -0.2) is 14.3 Å². The summed E-state index contributed by atoms with van der Waals surface area (Å²) in [5, 5.41) is 4.01. The van der Waals surface area contributed by atoms with E-state index >= 15 is 0 Å². The van der Waals surface area contributed by atoms with E-state index in [1.165, 1.54) is 0 Å². The van der Waals surface area contributed by atoms with Crippen LogP contribution in [0, 0.1) is 6.07 Å². The highest BCUT2D eigenvalue weighted by atomic mass is 15.3. The fraction of sp³-hybridized carbons (Fsp3) is 0.125. The predicted molar refractivity (Wildman–Crippen MR) is 41.4 cm³/mol. The molecule has 0 saturated carbocycles. The first-order valence-electron chi connectivity index (χ1n) is 3.41. The zero-order valence-corrected chi connectivity index (χ0v) is 6.23. The molecule has 2 rings (SSSR count). The van der Waals surface area contributed by atoms with E-state index < -0.39 is 0 Å². The van der Waals surface area contributed by atoms with Crippen LogP contribution in [0.4, 0.5) is 0 Å². The molecule has 3 nitrogen and oxygen atoms in total. The highest BCUT2D eigenvalue weighted by Crippen LogP contribution is 2.03. The molecule has 0 N–H and O–H groups in total. The van der Waals surface area contributed by atoms with Gasteiger partial charge in [0.15, 0.2) is 0 Å². The second-order valence-corrected chi connectivity index (χ2v) is 2.33. The molecule has 0 unspecified atom stereocenters. The molecule has 0 aliphatic rings. The normalized spacial score (nSPS) is 10.3. The van der Waals surface area contributed by atoms with Crippen molar-refractivity contribution in [1.29, 1.82) is 0 Å². The number of hydrogen-bond acceptors (Lipinski definition) is 1. The molecule has 55 valence electrons. The monoisotopic (exact) mass is 146 g/mol. The maximum absolute atomic E-state index is 4.01. The Kier molecular flexibility index (Phi) is 1.28. The zero-order chi connectivity index (χ0) is 7.68. The standard InChI is InChI=1S/C8H8N3/c1-10-8(4-5-9-10)11-6-2-3-7-11/h2-3,5-7H,1H3. The van der Waals surface area contributed by atoms with Gasteiger partial charge in [-0.15, -0.1) is 0 Å². The van der Waals surface area contributed by atoms with Crippen molar-refractivity contribution in [3.63, 3.8) is 0 Å². The number of aromatic nitrogens is 3. The van der Waals surface area contributed by atoms with Gasteiger partial charge in [-0.05, 0) is 12.1 Å². The Hall–Kier alpha value is -1.51. The molecule has 3 heteroatoms. The third kappa shape index (κ3) is 0.941. The second kappa shape index (κ2) is 2.27. The molecule has 11 heavy (non-hydrogen) atoms. The van der Waals surface area contributed by atoms with Gasteiger partial charge in [-0.3, -0.25) is 4.68 Å². The van der Waals surface area contributed by atoms with Gasteiger partial charge >= 0.3 is 0 Å². The summed E-state index contributed by atoms with van der Waals surface area (Å²) in [6, 6.07) is 6.97. The van der Waals surface area contributed by atoms with Crippen molar-refractivity contribution in [1.82, 2.24) is 14.3 Å². The van der Waals surface area contributed by atoms with Crippen LogP contribution in [0.2, 0.25) is 0 Å². The second-order valence-electron chi connectivity index (χ2n) is 2.33. The molecule has 0 fully saturated rings. The van der Waals surface area contributed by atoms with E-state index in [2.05, 4.69) is 11.2 Å². The molecule has 0 aromatic carbocycles. The van der Waals surface area contributed by atoms with Gasteiger partial charge in [0.1, 0.15) is 5.82 Å². The summed E-state index contributed by atoms with van der Waals surface area (Å²) in [6.07, 6.45) is 5.59. The molecular formula is C8H8N3. The summed E-state index contributed by atoms with van der Waals surface area (Å²) in [5.41, 5.74) is 0. The van der Waals surface area contributed by atoms with Gasteiger partial charge in [-0.1, -0.05) is 0 Å². The molecule has 0 aliphatic carbocycles. The van der Waals surface area contributed by atoms with Crippen molar-refractivity contribution >= 4 is 0 Å². The summed E-state index contributed by atoms with van der Waals surface area (Å²) < 4.78 is 3.74. The molecule has 2 aromatic heterocycles. The van der Waals surface area contributed by atoms with Gasteiger partial charge in [-0.2, -0.15) is 5.10 Å². The molecule has 0 atom stereocenters. The minimum absolute atomic E-state index is 0.954. The van der Waals surface area contributed by atoms with Crippen molar-refractivity contribution in [3.8, 4) is 5.82 Å². The maximum atomic E-state index is 4.01. The van der Waals surface area contributed by atoms with E-state index in [1.54, 1.807) is 10.9 Å². The van der Waals surface area contributed by atoms with Crippen molar-refractivity contribution in [3.05, 3.63) is 36.8 Å². The molecule has 2 aromatic rings. The van der Waals surface area contributed by atoms with Crippen LogP contribution in [0.15, 0.2) is 30.7 Å². The zero-order valence-electron chi connectivity index (χ0n) is 6.23. The first-order chi connectivity index (χ1) is 5.38. The molecule has 0 saturated heterocycles. The van der Waals surface area contributed by atoms with Crippen molar-refractivity contribution in [2.45, 2.75) is 0 Å². The van der Waals surface area contributed by atoms with Crippen LogP contribution >= 0.6 is 0 Å². The first-order valence-corrected chi connectivity index (χ1v) is 3.41. The Morgan fingerprint density at radius 1 is 1.36 bits per heavy atom. The van der Waals surface area contributed by atoms with E-state index in [4.69, 9.17) is 0 Å². The summed E-state index contributed by atoms with van der Waals surface area (Å²) in [6.45, 7) is 0. The molecule has 0 bridgehead atoms. The molecule has 2 heterocycles. The van der Waals surface area contributed by atoms with Gasteiger partial charge in [0.25, 0.3) is 0 Å². The lowest BCUT2D eigenvalue weighted by atomic mass is 10.6. The Labute approximate surface area is 64.9 Å². The Morgan fingerprint density at radius 2 is 2.09 bits per heavy atom. The van der Waals surface area contributed by atoms with E-state index in [1.807, 2.05) is 36.1 Å². The summed E-state index contributed by atoms with van der Waals surface area (Å²) >= 11 is 0. The molecular weight excluding hydrogens is 138 g/mol. The topological polar surface area (TPSA) is 22.8 Å². The lowest BCUT2D eigenvalue weighted by Gasteiger charge is -2.00. The quantitative estimate of drug-likeness (QED) is 0.588. The third-order valence-corrected chi connectivity index (χ3v) is 1.58. The minimum Gasteiger partial charge on any atom is -0.308 e. The lowest BCUT2D eigenvalue weighted by Crippen LogP contribution is -1.99. The average molecular weight is 146 g/mol. The van der Waals surface area contributed by atoms with Crippen LogP contribution < -0.4 is 0 Å². The Balaban J connectivity index is 2.53. The van der Waals surface area contributed by atoms with Crippen LogP contribution in [0.1, 0.15) is 0 Å². The largest absolute Gasteiger partial charge is 0.308 e. The van der Waals surface area contributed by atoms with Gasteiger partial charge in [0, 0.05) is 19.4 Å². The summed E-state index contributed by atoms with van der Waals surface area (Å²) in [7, 11) is 1.89. The smallest absolute Gasteiger partial charge is 0.142 e. The minimum atomic E-state index is 0.954. The highest BCUT2D eigenvalue weighted by molar-refractivity contribution is 5.20. The summed E-state index contributed by atoms with van der Waals surface area (Å²) in [5.74, 6) is 0.954. The van der Waals surface area contributed by atoms with E-state index in [0.717, 1.165) is 5.82 Å². The summed E-state index contributed by atoms with van der Waals surface area (Å²) in [4.78, 5) is 0. The molecule has 0 aliphatic heterocycles. The van der Waals surface area contributed by atoms with Gasteiger partial charge in [0.2, 0.25) is 0 Å². The van der Waals surface area contributed by atoms with Crippen molar-refractivity contribution in [2.24, 2.45) is 7.05 Å². The Bertz CT molecular complexity index is 332. The van der Waals surface area contributed by atoms with E-state index in [9.17, 15) is 0 Å². The van der Waals surface area contributed by atoms with Gasteiger partial charge in [-0.25, -0.2) is 0 Å². The van der Waals surface area contributed by atoms with Gasteiger partial charge < -0.3 is 4.57 Å². The first kappa shape index (κ1) is 6.22. The van der Waals surface area contributed by atoms with Crippen LogP contribution in [0.5, 0.6) is 0 Å². The fourth-order valence-corrected chi connectivity index (χ4v) is 1.04. The highest BCUT2D eigenvalue weighted by Gasteiger charge is 1.97. The molecule has 0 amide bonds. The Morgan fingerprint density at radius 3 is 2.64 bits per heavy atom. The lowest BCUT2D eigenvalue weighted by molar-refractivity contribution is 0.731. The third-order valence-electron chi connectivity index (χ3n) is 1.58.